The van der Waals surface area contributed by atoms with Crippen LogP contribution in [0, 0.1) is 12.7 Å². The lowest BCUT2D eigenvalue weighted by Crippen LogP contribution is -2.20. The number of rotatable bonds is 3. The zero-order valence-corrected chi connectivity index (χ0v) is 8.71. The lowest BCUT2D eigenvalue weighted by Gasteiger charge is -2.05. The van der Waals surface area contributed by atoms with Gasteiger partial charge < -0.3 is 15.5 Å². The van der Waals surface area contributed by atoms with Gasteiger partial charge in [0, 0.05) is 16.6 Å². The van der Waals surface area contributed by atoms with Crippen molar-refractivity contribution in [2.45, 2.75) is 6.92 Å². The summed E-state index contributed by atoms with van der Waals surface area (Å²) < 4.78 is 18.8. The summed E-state index contributed by atoms with van der Waals surface area (Å²) in [7, 11) is 0. The lowest BCUT2D eigenvalue weighted by molar-refractivity contribution is -0.119. The minimum Gasteiger partial charge on any atom is -0.481 e. The SMILES string of the molecule is Cc1cc2c(F)c(OCC(N)=O)ccc2[nH]1. The first-order valence-electron chi connectivity index (χ1n) is 4.77. The van der Waals surface area contributed by atoms with E-state index < -0.39 is 11.7 Å². The Morgan fingerprint density at radius 3 is 3.00 bits per heavy atom. The predicted molar refractivity (Wildman–Crippen MR) is 57.7 cm³/mol. The van der Waals surface area contributed by atoms with Crippen molar-refractivity contribution in [2.24, 2.45) is 5.73 Å². The molecule has 0 spiro atoms. The number of carbonyl (C=O) groups excluding carboxylic acids is 1. The van der Waals surface area contributed by atoms with Crippen molar-refractivity contribution in [3.05, 3.63) is 29.7 Å². The standard InChI is InChI=1S/C11H11FN2O2/c1-6-4-7-8(14-6)2-3-9(11(7)12)16-5-10(13)15/h2-4,14H,5H2,1H3,(H2,13,15). The molecule has 2 aromatic rings. The molecule has 0 fully saturated rings. The topological polar surface area (TPSA) is 68.1 Å². The zero-order chi connectivity index (χ0) is 11.7. The molecule has 0 unspecified atom stereocenters. The number of benzene rings is 1. The van der Waals surface area contributed by atoms with Crippen molar-refractivity contribution in [1.29, 1.82) is 0 Å². The van der Waals surface area contributed by atoms with E-state index in [1.165, 1.54) is 6.07 Å². The third-order valence-corrected chi connectivity index (χ3v) is 2.21. The van der Waals surface area contributed by atoms with E-state index in [1.54, 1.807) is 12.1 Å². The summed E-state index contributed by atoms with van der Waals surface area (Å²) >= 11 is 0. The van der Waals surface area contributed by atoms with Gasteiger partial charge in [0.1, 0.15) is 0 Å². The van der Waals surface area contributed by atoms with Gasteiger partial charge in [0.05, 0.1) is 0 Å². The molecule has 4 nitrogen and oxygen atoms in total. The molecule has 5 heteroatoms. The van der Waals surface area contributed by atoms with Gasteiger partial charge in [-0.05, 0) is 25.1 Å². The average molecular weight is 222 g/mol. The second-order valence-electron chi connectivity index (χ2n) is 3.55. The number of amides is 1. The van der Waals surface area contributed by atoms with E-state index in [0.29, 0.717) is 10.9 Å². The Balaban J connectivity index is 2.39. The maximum absolute atomic E-state index is 13.8. The van der Waals surface area contributed by atoms with Crippen molar-refractivity contribution in [3.8, 4) is 5.75 Å². The highest BCUT2D eigenvalue weighted by Gasteiger charge is 2.10. The summed E-state index contributed by atoms with van der Waals surface area (Å²) in [5.74, 6) is -1.09. The molecule has 2 rings (SSSR count). The molecule has 0 radical (unpaired) electrons. The second-order valence-corrected chi connectivity index (χ2v) is 3.55. The van der Waals surface area contributed by atoms with E-state index >= 15 is 0 Å². The first-order valence-corrected chi connectivity index (χ1v) is 4.77. The number of aromatic amines is 1. The Bertz CT molecular complexity index is 548. The maximum Gasteiger partial charge on any atom is 0.255 e. The Morgan fingerprint density at radius 2 is 2.31 bits per heavy atom. The molecule has 0 saturated carbocycles. The lowest BCUT2D eigenvalue weighted by atomic mass is 10.2. The summed E-state index contributed by atoms with van der Waals surface area (Å²) in [5, 5.41) is 0.444. The van der Waals surface area contributed by atoms with Crippen LogP contribution in [0.15, 0.2) is 18.2 Å². The summed E-state index contributed by atoms with van der Waals surface area (Å²) in [4.78, 5) is 13.5. The van der Waals surface area contributed by atoms with Crippen molar-refractivity contribution in [3.63, 3.8) is 0 Å². The Kier molecular flexibility index (Phi) is 2.52. The minimum absolute atomic E-state index is 0.0327. The van der Waals surface area contributed by atoms with Crippen molar-refractivity contribution >= 4 is 16.8 Å². The van der Waals surface area contributed by atoms with E-state index in [1.807, 2.05) is 6.92 Å². The highest BCUT2D eigenvalue weighted by Crippen LogP contribution is 2.26. The quantitative estimate of drug-likeness (QED) is 0.825. The number of nitrogens with one attached hydrogen (secondary N) is 1. The molecule has 1 aromatic heterocycles. The van der Waals surface area contributed by atoms with Gasteiger partial charge in [-0.1, -0.05) is 0 Å². The summed E-state index contributed by atoms with van der Waals surface area (Å²) in [6.45, 7) is 1.51. The van der Waals surface area contributed by atoms with Gasteiger partial charge >= 0.3 is 0 Å². The molecule has 0 atom stereocenters. The Labute approximate surface area is 91.2 Å². The molecule has 1 aromatic carbocycles. The van der Waals surface area contributed by atoms with Crippen LogP contribution < -0.4 is 10.5 Å². The van der Waals surface area contributed by atoms with Crippen LogP contribution in [-0.4, -0.2) is 17.5 Å². The molecule has 84 valence electrons. The fraction of sp³-hybridized carbons (Fsp3) is 0.182. The molecule has 1 heterocycles. The van der Waals surface area contributed by atoms with Crippen LogP contribution in [0.5, 0.6) is 5.75 Å². The van der Waals surface area contributed by atoms with E-state index in [4.69, 9.17) is 10.5 Å². The van der Waals surface area contributed by atoms with E-state index in [9.17, 15) is 9.18 Å². The number of H-pyrrole nitrogens is 1. The third-order valence-electron chi connectivity index (χ3n) is 2.21. The number of ether oxygens (including phenoxy) is 1. The van der Waals surface area contributed by atoms with Gasteiger partial charge in [-0.25, -0.2) is 4.39 Å². The number of nitrogens with two attached hydrogens (primary N) is 1. The van der Waals surface area contributed by atoms with Crippen molar-refractivity contribution in [2.75, 3.05) is 6.61 Å². The van der Waals surface area contributed by atoms with Crippen LogP contribution in [0.3, 0.4) is 0 Å². The number of halogens is 1. The number of aryl methyl sites for hydroxylation is 1. The molecule has 1 amide bonds. The monoisotopic (exact) mass is 222 g/mol. The number of hydrogen-bond acceptors (Lipinski definition) is 2. The Morgan fingerprint density at radius 1 is 1.56 bits per heavy atom. The first kappa shape index (κ1) is 10.5. The van der Waals surface area contributed by atoms with Gasteiger partial charge in [0.15, 0.2) is 18.2 Å². The highest BCUT2D eigenvalue weighted by molar-refractivity contribution is 5.83. The highest BCUT2D eigenvalue weighted by atomic mass is 19.1. The van der Waals surface area contributed by atoms with Gasteiger partial charge in [-0.3, -0.25) is 4.79 Å². The maximum atomic E-state index is 13.8. The minimum atomic E-state index is -0.634. The molecule has 0 saturated heterocycles. The van der Waals surface area contributed by atoms with Crippen LogP contribution in [0.25, 0.3) is 10.9 Å². The Hall–Kier alpha value is -2.04. The fourth-order valence-electron chi connectivity index (χ4n) is 1.55. The fourth-order valence-corrected chi connectivity index (χ4v) is 1.55. The number of hydrogen-bond donors (Lipinski definition) is 2. The smallest absolute Gasteiger partial charge is 0.255 e. The number of primary amides is 1. The van der Waals surface area contributed by atoms with Crippen molar-refractivity contribution < 1.29 is 13.9 Å². The molecule has 3 N–H and O–H groups in total. The van der Waals surface area contributed by atoms with Gasteiger partial charge in [0.2, 0.25) is 0 Å². The van der Waals surface area contributed by atoms with Gasteiger partial charge in [0.25, 0.3) is 5.91 Å². The second kappa shape index (κ2) is 3.84. The number of fused-ring (bicyclic) bond motifs is 1. The summed E-state index contributed by atoms with van der Waals surface area (Å²) in [6, 6.07) is 4.85. The molecular formula is C11H11FN2O2. The number of aromatic nitrogens is 1. The first-order chi connectivity index (χ1) is 7.58. The van der Waals surface area contributed by atoms with E-state index in [0.717, 1.165) is 5.69 Å². The van der Waals surface area contributed by atoms with Gasteiger partial charge in [-0.15, -0.1) is 0 Å². The number of carbonyl (C=O) groups is 1. The largest absolute Gasteiger partial charge is 0.481 e. The van der Waals surface area contributed by atoms with E-state index in [2.05, 4.69) is 4.98 Å². The molecule has 0 aliphatic carbocycles. The molecule has 0 bridgehead atoms. The normalized spacial score (nSPS) is 10.6. The van der Waals surface area contributed by atoms with E-state index in [-0.39, 0.29) is 12.4 Å². The van der Waals surface area contributed by atoms with Crippen LogP contribution in [0.1, 0.15) is 5.69 Å². The summed E-state index contributed by atoms with van der Waals surface area (Å²) in [5.41, 5.74) is 6.47. The molecule has 16 heavy (non-hydrogen) atoms. The molecular weight excluding hydrogens is 211 g/mol. The van der Waals surface area contributed by atoms with Gasteiger partial charge in [-0.2, -0.15) is 0 Å². The zero-order valence-electron chi connectivity index (χ0n) is 8.71. The summed E-state index contributed by atoms with van der Waals surface area (Å²) in [6.07, 6.45) is 0. The predicted octanol–water partition coefficient (Wildman–Crippen LogP) is 1.48. The van der Waals surface area contributed by atoms with Crippen molar-refractivity contribution in [1.82, 2.24) is 4.98 Å². The third kappa shape index (κ3) is 1.84. The van der Waals surface area contributed by atoms with Crippen LogP contribution in [0.2, 0.25) is 0 Å². The molecule has 0 aliphatic heterocycles. The van der Waals surface area contributed by atoms with Crippen LogP contribution in [-0.2, 0) is 4.79 Å². The van der Waals surface area contributed by atoms with Crippen LogP contribution >= 0.6 is 0 Å². The van der Waals surface area contributed by atoms with Crippen LogP contribution in [0.4, 0.5) is 4.39 Å². The average Bonchev–Trinajstić information content (AvgIpc) is 2.58. The molecule has 0 aliphatic rings.